The van der Waals surface area contributed by atoms with Crippen LogP contribution in [0.1, 0.15) is 33.6 Å². The highest BCUT2D eigenvalue weighted by molar-refractivity contribution is 5.76. The first kappa shape index (κ1) is 16.8. The van der Waals surface area contributed by atoms with E-state index in [0.29, 0.717) is 13.1 Å². The van der Waals surface area contributed by atoms with Gasteiger partial charge in [0.2, 0.25) is 0 Å². The first-order valence-electron chi connectivity index (χ1n) is 7.32. The van der Waals surface area contributed by atoms with Crippen LogP contribution >= 0.6 is 0 Å². The summed E-state index contributed by atoms with van der Waals surface area (Å²) in [5.74, 6) is -1.44. The predicted molar refractivity (Wildman–Crippen MR) is 75.6 cm³/mol. The third kappa shape index (κ3) is 5.00. The number of carbonyl (C=O) groups is 2. The van der Waals surface area contributed by atoms with Crippen LogP contribution in [-0.4, -0.2) is 54.4 Å². The van der Waals surface area contributed by atoms with Crippen LogP contribution in [0.5, 0.6) is 0 Å². The van der Waals surface area contributed by atoms with Gasteiger partial charge in [-0.2, -0.15) is 0 Å². The molecule has 0 aromatic carbocycles. The van der Waals surface area contributed by atoms with E-state index in [1.807, 2.05) is 20.8 Å². The van der Waals surface area contributed by atoms with E-state index < -0.39 is 11.9 Å². The standard InChI is InChI=1S/C14H26N2O4/c1-4-16(9-11-6-5-7-20-11)14(19)15-8-12(10(2)3)13(17)18/h10-12H,4-9H2,1-3H3,(H,15,19)(H,17,18). The summed E-state index contributed by atoms with van der Waals surface area (Å²) in [6.45, 7) is 7.68. The number of aliphatic carboxylic acids is 1. The molecule has 6 heteroatoms. The molecule has 1 fully saturated rings. The van der Waals surface area contributed by atoms with E-state index in [4.69, 9.17) is 9.84 Å². The second-order valence-electron chi connectivity index (χ2n) is 5.55. The maximum atomic E-state index is 12.1. The summed E-state index contributed by atoms with van der Waals surface area (Å²) in [7, 11) is 0. The van der Waals surface area contributed by atoms with Gasteiger partial charge in [-0.3, -0.25) is 4.79 Å². The number of carboxylic acids is 1. The number of hydrogen-bond acceptors (Lipinski definition) is 3. The molecule has 1 heterocycles. The third-order valence-corrected chi connectivity index (χ3v) is 3.71. The number of hydrogen-bond donors (Lipinski definition) is 2. The lowest BCUT2D eigenvalue weighted by Crippen LogP contribution is -2.46. The van der Waals surface area contributed by atoms with Crippen molar-refractivity contribution in [3.05, 3.63) is 0 Å². The average Bonchev–Trinajstić information content (AvgIpc) is 2.87. The lowest BCUT2D eigenvalue weighted by Gasteiger charge is -2.25. The molecule has 2 atom stereocenters. The molecule has 0 aliphatic carbocycles. The van der Waals surface area contributed by atoms with Crippen LogP contribution in [0.4, 0.5) is 4.79 Å². The van der Waals surface area contributed by atoms with Crippen molar-refractivity contribution >= 4 is 12.0 Å². The molecule has 0 saturated carbocycles. The van der Waals surface area contributed by atoms with Crippen molar-refractivity contribution in [3.8, 4) is 0 Å². The molecule has 20 heavy (non-hydrogen) atoms. The lowest BCUT2D eigenvalue weighted by atomic mass is 9.96. The Kier molecular flexibility index (Phi) is 6.78. The fourth-order valence-electron chi connectivity index (χ4n) is 2.31. The van der Waals surface area contributed by atoms with Crippen molar-refractivity contribution in [1.82, 2.24) is 10.2 Å². The summed E-state index contributed by atoms with van der Waals surface area (Å²) in [6, 6.07) is -0.213. The Morgan fingerprint density at radius 2 is 2.15 bits per heavy atom. The molecule has 116 valence electrons. The van der Waals surface area contributed by atoms with Gasteiger partial charge in [0.25, 0.3) is 0 Å². The molecule has 0 aromatic heterocycles. The summed E-state index contributed by atoms with van der Waals surface area (Å²) in [6.07, 6.45) is 2.13. The van der Waals surface area contributed by atoms with Gasteiger partial charge in [-0.05, 0) is 25.7 Å². The van der Waals surface area contributed by atoms with Crippen molar-refractivity contribution in [2.75, 3.05) is 26.2 Å². The molecule has 2 N–H and O–H groups in total. The molecule has 0 spiro atoms. The number of nitrogens with one attached hydrogen (secondary N) is 1. The second kappa shape index (κ2) is 8.09. The van der Waals surface area contributed by atoms with Crippen molar-refractivity contribution in [3.63, 3.8) is 0 Å². The molecular formula is C14H26N2O4. The van der Waals surface area contributed by atoms with Gasteiger partial charge >= 0.3 is 12.0 Å². The van der Waals surface area contributed by atoms with E-state index in [2.05, 4.69) is 5.32 Å². The first-order valence-corrected chi connectivity index (χ1v) is 7.32. The third-order valence-electron chi connectivity index (χ3n) is 3.71. The number of amides is 2. The Morgan fingerprint density at radius 1 is 1.45 bits per heavy atom. The second-order valence-corrected chi connectivity index (χ2v) is 5.55. The molecule has 2 unspecified atom stereocenters. The molecular weight excluding hydrogens is 260 g/mol. The summed E-state index contributed by atoms with van der Waals surface area (Å²) in [5, 5.41) is 11.8. The molecule has 1 saturated heterocycles. The van der Waals surface area contributed by atoms with Gasteiger partial charge < -0.3 is 20.1 Å². The number of ether oxygens (including phenoxy) is 1. The number of urea groups is 1. The van der Waals surface area contributed by atoms with Gasteiger partial charge in [0.05, 0.1) is 12.0 Å². The topological polar surface area (TPSA) is 78.9 Å². The molecule has 2 amide bonds. The van der Waals surface area contributed by atoms with E-state index in [0.717, 1.165) is 19.4 Å². The van der Waals surface area contributed by atoms with E-state index in [9.17, 15) is 9.59 Å². The van der Waals surface area contributed by atoms with Gasteiger partial charge in [-0.1, -0.05) is 13.8 Å². The summed E-state index contributed by atoms with van der Waals surface area (Å²) in [5.41, 5.74) is 0. The van der Waals surface area contributed by atoms with Gasteiger partial charge in [-0.25, -0.2) is 4.79 Å². The minimum atomic E-state index is -0.873. The van der Waals surface area contributed by atoms with Gasteiger partial charge in [-0.15, -0.1) is 0 Å². The molecule has 0 bridgehead atoms. The maximum absolute atomic E-state index is 12.1. The van der Waals surface area contributed by atoms with E-state index in [1.165, 1.54) is 0 Å². The minimum absolute atomic E-state index is 0.0129. The zero-order valence-electron chi connectivity index (χ0n) is 12.6. The Bertz CT molecular complexity index is 327. The highest BCUT2D eigenvalue weighted by Crippen LogP contribution is 2.14. The van der Waals surface area contributed by atoms with Crippen LogP contribution in [0, 0.1) is 11.8 Å². The Morgan fingerprint density at radius 3 is 2.60 bits per heavy atom. The zero-order valence-corrected chi connectivity index (χ0v) is 12.6. The number of carboxylic acid groups (broad SMARTS) is 1. The maximum Gasteiger partial charge on any atom is 0.317 e. The van der Waals surface area contributed by atoms with Crippen LogP contribution in [0.2, 0.25) is 0 Å². The normalized spacial score (nSPS) is 19.9. The molecule has 1 rings (SSSR count). The summed E-state index contributed by atoms with van der Waals surface area (Å²) in [4.78, 5) is 24.8. The molecule has 0 aromatic rings. The van der Waals surface area contributed by atoms with Crippen LogP contribution in [0.3, 0.4) is 0 Å². The first-order chi connectivity index (χ1) is 9.45. The van der Waals surface area contributed by atoms with Gasteiger partial charge in [0.1, 0.15) is 0 Å². The van der Waals surface area contributed by atoms with Crippen LogP contribution in [0.25, 0.3) is 0 Å². The SMILES string of the molecule is CCN(CC1CCCO1)C(=O)NCC(C(=O)O)C(C)C. The largest absolute Gasteiger partial charge is 0.481 e. The van der Waals surface area contributed by atoms with Crippen LogP contribution in [0.15, 0.2) is 0 Å². The molecule has 1 aliphatic rings. The predicted octanol–water partition coefficient (Wildman–Crippen LogP) is 1.55. The van der Waals surface area contributed by atoms with E-state index in [-0.39, 0.29) is 24.6 Å². The summed E-state index contributed by atoms with van der Waals surface area (Å²) < 4.78 is 5.52. The van der Waals surface area contributed by atoms with E-state index in [1.54, 1.807) is 4.90 Å². The highest BCUT2D eigenvalue weighted by Gasteiger charge is 2.25. The van der Waals surface area contributed by atoms with Gasteiger partial charge in [0.15, 0.2) is 0 Å². The molecule has 1 aliphatic heterocycles. The highest BCUT2D eigenvalue weighted by atomic mass is 16.5. The van der Waals surface area contributed by atoms with Gasteiger partial charge in [0, 0.05) is 26.2 Å². The van der Waals surface area contributed by atoms with Crippen LogP contribution < -0.4 is 5.32 Å². The van der Waals surface area contributed by atoms with Crippen molar-refractivity contribution in [2.45, 2.75) is 39.7 Å². The van der Waals surface area contributed by atoms with Crippen LogP contribution in [-0.2, 0) is 9.53 Å². The Labute approximate surface area is 120 Å². The monoisotopic (exact) mass is 286 g/mol. The van der Waals surface area contributed by atoms with E-state index >= 15 is 0 Å². The number of rotatable bonds is 7. The minimum Gasteiger partial charge on any atom is -0.481 e. The lowest BCUT2D eigenvalue weighted by molar-refractivity contribution is -0.142. The van der Waals surface area contributed by atoms with Crippen molar-refractivity contribution in [2.24, 2.45) is 11.8 Å². The summed E-state index contributed by atoms with van der Waals surface area (Å²) >= 11 is 0. The average molecular weight is 286 g/mol. The molecule has 0 radical (unpaired) electrons. The number of likely N-dealkylation sites (N-methyl/N-ethyl adjacent to an activating group) is 1. The quantitative estimate of drug-likeness (QED) is 0.744. The Balaban J connectivity index is 2.43. The number of nitrogens with zero attached hydrogens (tertiary/aromatic N) is 1. The fourth-order valence-corrected chi connectivity index (χ4v) is 2.31. The smallest absolute Gasteiger partial charge is 0.317 e. The fraction of sp³-hybridized carbons (Fsp3) is 0.857. The van der Waals surface area contributed by atoms with Crippen molar-refractivity contribution in [1.29, 1.82) is 0 Å². The van der Waals surface area contributed by atoms with Crippen molar-refractivity contribution < 1.29 is 19.4 Å². The zero-order chi connectivity index (χ0) is 15.1. The number of carbonyl (C=O) groups excluding carboxylic acids is 1. The Hall–Kier alpha value is -1.30. The molecule has 6 nitrogen and oxygen atoms in total.